The van der Waals surface area contributed by atoms with Gasteiger partial charge in [0.2, 0.25) is 12.7 Å². The Bertz CT molecular complexity index is 881. The highest BCUT2D eigenvalue weighted by atomic mass is 16.7. The van der Waals surface area contributed by atoms with Crippen molar-refractivity contribution in [3.05, 3.63) is 59.2 Å². The molecule has 4 rings (SSSR count). The fourth-order valence-corrected chi connectivity index (χ4v) is 3.33. The van der Waals surface area contributed by atoms with Gasteiger partial charge in [-0.05, 0) is 52.6 Å². The van der Waals surface area contributed by atoms with Gasteiger partial charge in [0.05, 0.1) is 6.21 Å². The number of amides is 1. The molecule has 5 heteroatoms. The first-order valence-corrected chi connectivity index (χ1v) is 9.25. The molecule has 2 aliphatic rings. The van der Waals surface area contributed by atoms with Crippen LogP contribution in [0.1, 0.15) is 49.8 Å². The number of rotatable bonds is 4. The smallest absolute Gasteiger partial charge is 0.243 e. The lowest BCUT2D eigenvalue weighted by Crippen LogP contribution is -2.20. The second kappa shape index (κ2) is 6.72. The van der Waals surface area contributed by atoms with E-state index in [2.05, 4.69) is 55.6 Å². The van der Waals surface area contributed by atoms with E-state index < -0.39 is 0 Å². The van der Waals surface area contributed by atoms with E-state index >= 15 is 0 Å². The van der Waals surface area contributed by atoms with E-state index in [0.717, 1.165) is 17.7 Å². The van der Waals surface area contributed by atoms with E-state index in [-0.39, 0.29) is 24.0 Å². The van der Waals surface area contributed by atoms with Crippen LogP contribution in [0, 0.1) is 5.92 Å². The molecule has 2 aromatic rings. The van der Waals surface area contributed by atoms with Crippen molar-refractivity contribution in [2.75, 3.05) is 6.79 Å². The van der Waals surface area contributed by atoms with Crippen molar-refractivity contribution in [3.63, 3.8) is 0 Å². The Morgan fingerprint density at radius 2 is 1.85 bits per heavy atom. The number of ether oxygens (including phenoxy) is 2. The monoisotopic (exact) mass is 364 g/mol. The molecule has 1 aliphatic heterocycles. The summed E-state index contributed by atoms with van der Waals surface area (Å²) in [7, 11) is 0. The summed E-state index contributed by atoms with van der Waals surface area (Å²) in [5.41, 5.74) is 6.18. The number of nitrogens with one attached hydrogen (secondary N) is 1. The van der Waals surface area contributed by atoms with Crippen LogP contribution in [0.4, 0.5) is 0 Å². The first-order chi connectivity index (χ1) is 12.9. The summed E-state index contributed by atoms with van der Waals surface area (Å²) in [5, 5.41) is 4.08. The Hall–Kier alpha value is -2.82. The van der Waals surface area contributed by atoms with Crippen molar-refractivity contribution >= 4 is 12.1 Å². The normalized spacial score (nSPS) is 20.7. The number of fused-ring (bicyclic) bond motifs is 1. The van der Waals surface area contributed by atoms with E-state index in [1.54, 1.807) is 6.21 Å². The minimum atomic E-state index is -0.0307. The Morgan fingerprint density at radius 3 is 2.59 bits per heavy atom. The lowest BCUT2D eigenvalue weighted by atomic mass is 9.86. The number of hydrogen-bond acceptors (Lipinski definition) is 4. The summed E-state index contributed by atoms with van der Waals surface area (Å²) in [6.07, 6.45) is 2.50. The highest BCUT2D eigenvalue weighted by molar-refractivity contribution is 5.86. The Balaban J connectivity index is 1.32. The zero-order valence-corrected chi connectivity index (χ0v) is 15.9. The van der Waals surface area contributed by atoms with Crippen LogP contribution in [0.2, 0.25) is 0 Å². The molecule has 0 radical (unpaired) electrons. The molecule has 0 aromatic heterocycles. The van der Waals surface area contributed by atoms with E-state index in [1.165, 1.54) is 11.1 Å². The highest BCUT2D eigenvalue weighted by Gasteiger charge is 2.44. The van der Waals surface area contributed by atoms with Gasteiger partial charge in [-0.1, -0.05) is 45.0 Å². The van der Waals surface area contributed by atoms with Gasteiger partial charge in [-0.3, -0.25) is 4.79 Å². The molecular weight excluding hydrogens is 340 g/mol. The average molecular weight is 364 g/mol. The molecule has 1 heterocycles. The van der Waals surface area contributed by atoms with E-state index in [4.69, 9.17) is 9.47 Å². The Labute approximate surface area is 159 Å². The van der Waals surface area contributed by atoms with Crippen molar-refractivity contribution in [2.24, 2.45) is 11.0 Å². The van der Waals surface area contributed by atoms with Crippen molar-refractivity contribution in [1.29, 1.82) is 0 Å². The fraction of sp³-hybridized carbons (Fsp3) is 0.364. The molecule has 0 bridgehead atoms. The van der Waals surface area contributed by atoms with Crippen molar-refractivity contribution < 1.29 is 14.3 Å². The third kappa shape index (κ3) is 3.82. The number of carbonyl (C=O) groups excluding carboxylic acids is 1. The number of nitrogens with zero attached hydrogens (tertiary/aromatic N) is 1. The van der Waals surface area contributed by atoms with Gasteiger partial charge < -0.3 is 9.47 Å². The molecule has 1 fully saturated rings. The van der Waals surface area contributed by atoms with Gasteiger partial charge in [0.1, 0.15) is 0 Å². The molecule has 0 spiro atoms. The van der Waals surface area contributed by atoms with Gasteiger partial charge in [-0.25, -0.2) is 5.43 Å². The minimum absolute atomic E-state index is 0.000564. The van der Waals surface area contributed by atoms with E-state index in [1.807, 2.05) is 18.2 Å². The highest BCUT2D eigenvalue weighted by Crippen LogP contribution is 2.47. The van der Waals surface area contributed by atoms with Gasteiger partial charge in [0, 0.05) is 5.92 Å². The van der Waals surface area contributed by atoms with Crippen LogP contribution in [-0.4, -0.2) is 18.9 Å². The predicted molar refractivity (Wildman–Crippen MR) is 104 cm³/mol. The van der Waals surface area contributed by atoms with Crippen LogP contribution in [0.15, 0.2) is 47.6 Å². The second-order valence-corrected chi connectivity index (χ2v) is 8.17. The largest absolute Gasteiger partial charge is 0.454 e. The summed E-state index contributed by atoms with van der Waals surface area (Å²) in [6, 6.07) is 14.2. The Morgan fingerprint density at radius 1 is 1.11 bits per heavy atom. The van der Waals surface area contributed by atoms with Crippen LogP contribution >= 0.6 is 0 Å². The summed E-state index contributed by atoms with van der Waals surface area (Å²) in [5.74, 6) is 1.69. The lowest BCUT2D eigenvalue weighted by Gasteiger charge is -2.19. The van der Waals surface area contributed by atoms with Crippen LogP contribution in [-0.2, 0) is 10.2 Å². The summed E-state index contributed by atoms with van der Waals surface area (Å²) < 4.78 is 10.6. The first kappa shape index (κ1) is 17.6. The fourth-order valence-electron chi connectivity index (χ4n) is 3.33. The maximum atomic E-state index is 12.3. The van der Waals surface area contributed by atoms with Crippen LogP contribution in [0.25, 0.3) is 0 Å². The van der Waals surface area contributed by atoms with Gasteiger partial charge in [0.15, 0.2) is 11.5 Å². The summed E-state index contributed by atoms with van der Waals surface area (Å²) in [4.78, 5) is 12.3. The molecule has 0 saturated heterocycles. The van der Waals surface area contributed by atoms with E-state index in [0.29, 0.717) is 11.7 Å². The van der Waals surface area contributed by atoms with Gasteiger partial charge >= 0.3 is 0 Å². The third-order valence-corrected chi connectivity index (χ3v) is 5.12. The maximum absolute atomic E-state index is 12.3. The number of carbonyl (C=O) groups is 1. The molecule has 2 atom stereocenters. The van der Waals surface area contributed by atoms with Gasteiger partial charge in [-0.2, -0.15) is 5.10 Å². The lowest BCUT2D eigenvalue weighted by molar-refractivity contribution is -0.122. The number of benzene rings is 2. The minimum Gasteiger partial charge on any atom is -0.454 e. The molecule has 5 nitrogen and oxygen atoms in total. The maximum Gasteiger partial charge on any atom is 0.243 e. The van der Waals surface area contributed by atoms with E-state index in [9.17, 15) is 4.79 Å². The van der Waals surface area contributed by atoms with Crippen molar-refractivity contribution in [2.45, 2.75) is 38.5 Å². The van der Waals surface area contributed by atoms with Crippen LogP contribution < -0.4 is 14.9 Å². The number of hydrazone groups is 1. The number of hydrogen-bond donors (Lipinski definition) is 1. The molecule has 1 amide bonds. The molecule has 27 heavy (non-hydrogen) atoms. The molecular formula is C22H24N2O3. The zero-order valence-electron chi connectivity index (χ0n) is 15.9. The van der Waals surface area contributed by atoms with Gasteiger partial charge in [0.25, 0.3) is 0 Å². The summed E-state index contributed by atoms with van der Waals surface area (Å²) in [6.45, 7) is 6.85. The summed E-state index contributed by atoms with van der Waals surface area (Å²) >= 11 is 0. The van der Waals surface area contributed by atoms with Crippen molar-refractivity contribution in [1.82, 2.24) is 5.43 Å². The average Bonchev–Trinajstić information content (AvgIpc) is 3.31. The predicted octanol–water partition coefficient (Wildman–Crippen LogP) is 3.97. The van der Waals surface area contributed by atoms with Gasteiger partial charge in [-0.15, -0.1) is 0 Å². The van der Waals surface area contributed by atoms with Crippen LogP contribution in [0.5, 0.6) is 11.5 Å². The standard InChI is InChI=1S/C22H24N2O3/c1-22(2,3)16-7-5-15(6-8-16)17-11-18(17)21(25)24-23-12-14-4-9-19-20(10-14)27-13-26-19/h4-10,12,17-18H,11,13H2,1-3H3,(H,24,25)/b23-12+. The van der Waals surface area contributed by atoms with Crippen molar-refractivity contribution in [3.8, 4) is 11.5 Å². The second-order valence-electron chi connectivity index (χ2n) is 8.17. The topological polar surface area (TPSA) is 59.9 Å². The molecule has 2 unspecified atom stereocenters. The molecule has 2 aromatic carbocycles. The molecule has 1 aliphatic carbocycles. The first-order valence-electron chi connectivity index (χ1n) is 9.25. The molecule has 1 saturated carbocycles. The molecule has 1 N–H and O–H groups in total. The molecule has 140 valence electrons. The third-order valence-electron chi connectivity index (χ3n) is 5.12. The SMILES string of the molecule is CC(C)(C)c1ccc(C2CC2C(=O)N/N=C/c2ccc3c(c2)OCO3)cc1. The quantitative estimate of drug-likeness (QED) is 0.660. The zero-order chi connectivity index (χ0) is 19.0. The Kier molecular flexibility index (Phi) is 4.38. The van der Waals surface area contributed by atoms with Crippen LogP contribution in [0.3, 0.4) is 0 Å².